The van der Waals surface area contributed by atoms with Crippen LogP contribution in [-0.4, -0.2) is 31.0 Å². The lowest BCUT2D eigenvalue weighted by atomic mass is 10.3. The Kier molecular flexibility index (Phi) is 7.50. The van der Waals surface area contributed by atoms with E-state index in [2.05, 4.69) is 15.9 Å². The zero-order valence-corrected chi connectivity index (χ0v) is 13.1. The first-order valence-electron chi connectivity index (χ1n) is 6.39. The summed E-state index contributed by atoms with van der Waals surface area (Å²) in [5.74, 6) is 0.436. The van der Waals surface area contributed by atoms with Crippen LogP contribution in [0.1, 0.15) is 20.3 Å². The number of hydrogen-bond donors (Lipinski definition) is 0. The Morgan fingerprint density at radius 2 is 1.95 bits per heavy atom. The lowest BCUT2D eigenvalue weighted by Crippen LogP contribution is -2.20. The van der Waals surface area contributed by atoms with Crippen LogP contribution in [0.4, 0.5) is 5.69 Å². The Bertz CT molecular complexity index is 435. The third kappa shape index (κ3) is 5.07. The molecule has 1 rings (SSSR count). The van der Waals surface area contributed by atoms with Crippen LogP contribution in [0.25, 0.3) is 0 Å². The molecule has 112 valence electrons. The molecule has 0 amide bonds. The summed E-state index contributed by atoms with van der Waals surface area (Å²) in [7, 11) is 0. The van der Waals surface area contributed by atoms with Gasteiger partial charge in [-0.2, -0.15) is 0 Å². The van der Waals surface area contributed by atoms with E-state index < -0.39 is 4.92 Å². The molecule has 0 aliphatic rings. The molecule has 0 unspecified atom stereocenters. The quantitative estimate of drug-likeness (QED) is 0.388. The summed E-state index contributed by atoms with van der Waals surface area (Å²) in [6.45, 7) is 5.26. The molecule has 0 aliphatic carbocycles. The van der Waals surface area contributed by atoms with Crippen molar-refractivity contribution in [2.45, 2.75) is 26.6 Å². The summed E-state index contributed by atoms with van der Waals surface area (Å²) in [4.78, 5) is 10.3. The molecule has 20 heavy (non-hydrogen) atoms. The Labute approximate surface area is 126 Å². The largest absolute Gasteiger partial charge is 0.492 e. The van der Waals surface area contributed by atoms with Gasteiger partial charge in [-0.1, -0.05) is 6.07 Å². The summed E-state index contributed by atoms with van der Waals surface area (Å²) in [5.41, 5.74) is -0.0198. The molecule has 0 radical (unpaired) electrons. The fourth-order valence-electron chi connectivity index (χ4n) is 1.60. The summed E-state index contributed by atoms with van der Waals surface area (Å²) in [6, 6.07) is 4.67. The molecule has 1 aromatic rings. The summed E-state index contributed by atoms with van der Waals surface area (Å²) in [5, 5.41) is 10.8. The fraction of sp³-hybridized carbons (Fsp3) is 0.538. The highest BCUT2D eigenvalue weighted by molar-refractivity contribution is 9.10. The van der Waals surface area contributed by atoms with E-state index in [1.54, 1.807) is 12.1 Å². The van der Waals surface area contributed by atoms with Crippen LogP contribution >= 0.6 is 15.9 Å². The third-order valence-corrected chi connectivity index (χ3v) is 3.25. The van der Waals surface area contributed by atoms with Gasteiger partial charge in [-0.25, -0.2) is 0 Å². The molecule has 7 heteroatoms. The highest BCUT2D eigenvalue weighted by atomic mass is 79.9. The van der Waals surface area contributed by atoms with E-state index in [-0.39, 0.29) is 12.0 Å². The first kappa shape index (κ1) is 16.9. The lowest BCUT2D eigenvalue weighted by Gasteiger charge is -2.17. The molecule has 0 atom stereocenters. The number of ether oxygens (including phenoxy) is 3. The van der Waals surface area contributed by atoms with Crippen LogP contribution < -0.4 is 4.74 Å². The van der Waals surface area contributed by atoms with E-state index in [0.29, 0.717) is 36.5 Å². The Morgan fingerprint density at radius 3 is 2.50 bits per heavy atom. The lowest BCUT2D eigenvalue weighted by molar-refractivity contribution is -0.385. The van der Waals surface area contributed by atoms with Crippen molar-refractivity contribution < 1.29 is 19.1 Å². The molecule has 0 spiro atoms. The van der Waals surface area contributed by atoms with E-state index in [1.807, 2.05) is 13.8 Å². The molecule has 0 saturated heterocycles. The number of nitro groups is 1. The van der Waals surface area contributed by atoms with Crippen molar-refractivity contribution in [1.82, 2.24) is 0 Å². The minimum absolute atomic E-state index is 0.0198. The number of rotatable bonds is 9. The summed E-state index contributed by atoms with van der Waals surface area (Å²) >= 11 is 3.18. The smallest absolute Gasteiger partial charge is 0.287 e. The van der Waals surface area contributed by atoms with Crippen molar-refractivity contribution in [3.8, 4) is 5.75 Å². The molecular weight excluding hydrogens is 330 g/mol. The van der Waals surface area contributed by atoms with Crippen LogP contribution in [0.15, 0.2) is 22.7 Å². The average Bonchev–Trinajstić information content (AvgIpc) is 2.41. The van der Waals surface area contributed by atoms with Gasteiger partial charge < -0.3 is 14.2 Å². The van der Waals surface area contributed by atoms with Gasteiger partial charge in [-0.05, 0) is 35.8 Å². The highest BCUT2D eigenvalue weighted by Crippen LogP contribution is 2.33. The number of hydrogen-bond acceptors (Lipinski definition) is 5. The number of nitro benzene ring substituents is 1. The zero-order valence-electron chi connectivity index (χ0n) is 11.5. The number of benzene rings is 1. The maximum Gasteiger partial charge on any atom is 0.287 e. The Balaban J connectivity index is 2.57. The molecular formula is C13H18BrNO5. The minimum atomic E-state index is -0.458. The summed E-state index contributed by atoms with van der Waals surface area (Å²) in [6.07, 6.45) is 0.235. The maximum atomic E-state index is 10.8. The number of halogens is 1. The van der Waals surface area contributed by atoms with Gasteiger partial charge >= 0.3 is 0 Å². The van der Waals surface area contributed by atoms with Gasteiger partial charge in [0.2, 0.25) is 0 Å². The predicted octanol–water partition coefficient (Wildman–Crippen LogP) is 3.53. The summed E-state index contributed by atoms with van der Waals surface area (Å²) < 4.78 is 16.7. The van der Waals surface area contributed by atoms with Gasteiger partial charge in [-0.15, -0.1) is 0 Å². The van der Waals surface area contributed by atoms with Crippen molar-refractivity contribution in [3.05, 3.63) is 32.8 Å². The molecule has 0 aliphatic heterocycles. The van der Waals surface area contributed by atoms with Crippen LogP contribution in [0, 0.1) is 10.1 Å². The number of nitrogens with zero attached hydrogens (tertiary/aromatic N) is 1. The SMILES string of the molecule is CCOC(CCOc1cccc([N+](=O)[O-])c1Br)OCC. The predicted molar refractivity (Wildman–Crippen MR) is 77.9 cm³/mol. The van der Waals surface area contributed by atoms with Crippen molar-refractivity contribution in [3.63, 3.8) is 0 Å². The second kappa shape index (κ2) is 8.89. The van der Waals surface area contributed by atoms with Gasteiger partial charge in [0.15, 0.2) is 6.29 Å². The van der Waals surface area contributed by atoms with E-state index in [9.17, 15) is 10.1 Å². The monoisotopic (exact) mass is 347 g/mol. The van der Waals surface area contributed by atoms with Crippen LogP contribution in [-0.2, 0) is 9.47 Å². The topological polar surface area (TPSA) is 70.8 Å². The fourth-order valence-corrected chi connectivity index (χ4v) is 2.13. The van der Waals surface area contributed by atoms with E-state index in [1.165, 1.54) is 6.07 Å². The van der Waals surface area contributed by atoms with Crippen LogP contribution in [0.5, 0.6) is 5.75 Å². The molecule has 1 aromatic carbocycles. The Morgan fingerprint density at radius 1 is 1.30 bits per heavy atom. The molecule has 0 fully saturated rings. The first-order chi connectivity index (χ1) is 9.60. The van der Waals surface area contributed by atoms with E-state index >= 15 is 0 Å². The van der Waals surface area contributed by atoms with Crippen molar-refractivity contribution in [2.75, 3.05) is 19.8 Å². The standard InChI is InChI=1S/C13H18BrNO5/c1-3-18-12(19-4-2)8-9-20-11-7-5-6-10(13(11)14)15(16)17/h5-7,12H,3-4,8-9H2,1-2H3. The molecule has 6 nitrogen and oxygen atoms in total. The molecule has 0 saturated carbocycles. The molecule has 0 bridgehead atoms. The van der Waals surface area contributed by atoms with Crippen molar-refractivity contribution in [2.24, 2.45) is 0 Å². The zero-order chi connectivity index (χ0) is 15.0. The van der Waals surface area contributed by atoms with Crippen molar-refractivity contribution in [1.29, 1.82) is 0 Å². The maximum absolute atomic E-state index is 10.8. The van der Waals surface area contributed by atoms with Gasteiger partial charge in [0.05, 0.1) is 11.5 Å². The molecule has 0 heterocycles. The van der Waals surface area contributed by atoms with E-state index in [4.69, 9.17) is 14.2 Å². The van der Waals surface area contributed by atoms with Gasteiger partial charge in [0.25, 0.3) is 5.69 Å². The van der Waals surface area contributed by atoms with Gasteiger partial charge in [0.1, 0.15) is 10.2 Å². The second-order valence-electron chi connectivity index (χ2n) is 3.82. The molecule has 0 N–H and O–H groups in total. The normalized spacial score (nSPS) is 10.8. The third-order valence-electron chi connectivity index (χ3n) is 2.46. The average molecular weight is 348 g/mol. The highest BCUT2D eigenvalue weighted by Gasteiger charge is 2.16. The van der Waals surface area contributed by atoms with E-state index in [0.717, 1.165) is 0 Å². The first-order valence-corrected chi connectivity index (χ1v) is 7.18. The Hall–Kier alpha value is -1.18. The molecule has 0 aromatic heterocycles. The van der Waals surface area contributed by atoms with Crippen LogP contribution in [0.3, 0.4) is 0 Å². The van der Waals surface area contributed by atoms with Gasteiger partial charge in [-0.3, -0.25) is 10.1 Å². The van der Waals surface area contributed by atoms with Crippen molar-refractivity contribution >= 4 is 21.6 Å². The second-order valence-corrected chi connectivity index (χ2v) is 4.62. The minimum Gasteiger partial charge on any atom is -0.492 e. The van der Waals surface area contributed by atoms with Crippen LogP contribution in [0.2, 0.25) is 0 Å². The van der Waals surface area contributed by atoms with Gasteiger partial charge in [0, 0.05) is 25.7 Å².